The van der Waals surface area contributed by atoms with E-state index in [2.05, 4.69) is 32.8 Å². The molecule has 4 rings (SSSR count). The van der Waals surface area contributed by atoms with E-state index in [0.717, 1.165) is 29.7 Å². The van der Waals surface area contributed by atoms with Crippen LogP contribution in [-0.2, 0) is 0 Å². The molecule has 0 amide bonds. The Kier molecular flexibility index (Phi) is 4.23. The van der Waals surface area contributed by atoms with Gasteiger partial charge in [-0.05, 0) is 43.7 Å². The summed E-state index contributed by atoms with van der Waals surface area (Å²) in [5, 5.41) is 17.9. The third-order valence-electron chi connectivity index (χ3n) is 4.94. The van der Waals surface area contributed by atoms with Crippen LogP contribution in [0.1, 0.15) is 32.6 Å². The number of fused-ring (bicyclic) bond motifs is 1. The minimum Gasteiger partial charge on any atom is -0.351 e. The fourth-order valence-corrected chi connectivity index (χ4v) is 3.45. The van der Waals surface area contributed by atoms with Crippen LogP contribution < -0.4 is 10.8 Å². The Bertz CT molecular complexity index is 869. The van der Waals surface area contributed by atoms with Crippen molar-refractivity contribution in [2.24, 2.45) is 5.92 Å². The van der Waals surface area contributed by atoms with Crippen LogP contribution >= 0.6 is 0 Å². The summed E-state index contributed by atoms with van der Waals surface area (Å²) in [6, 6.07) is 7.88. The van der Waals surface area contributed by atoms with Crippen molar-refractivity contribution in [3.05, 3.63) is 36.7 Å². The van der Waals surface area contributed by atoms with Crippen molar-refractivity contribution in [3.8, 4) is 5.82 Å². The van der Waals surface area contributed by atoms with Crippen LogP contribution in [0.25, 0.3) is 16.7 Å². The maximum absolute atomic E-state index is 9.24. The van der Waals surface area contributed by atoms with E-state index in [0.29, 0.717) is 23.5 Å². The Hall–Kier alpha value is -2.67. The summed E-state index contributed by atoms with van der Waals surface area (Å²) in [6.07, 6.45) is 8.27. The second-order valence-electron chi connectivity index (χ2n) is 6.75. The minimum atomic E-state index is 0.436. The van der Waals surface area contributed by atoms with Crippen molar-refractivity contribution < 1.29 is 5.21 Å². The van der Waals surface area contributed by atoms with Gasteiger partial charge in [0, 0.05) is 23.7 Å². The first-order valence-corrected chi connectivity index (χ1v) is 8.71. The van der Waals surface area contributed by atoms with Gasteiger partial charge in [0.25, 0.3) is 0 Å². The summed E-state index contributed by atoms with van der Waals surface area (Å²) < 4.78 is 1.76. The van der Waals surface area contributed by atoms with E-state index in [1.807, 2.05) is 18.2 Å². The van der Waals surface area contributed by atoms with Crippen molar-refractivity contribution in [1.82, 2.24) is 19.7 Å². The first-order valence-electron chi connectivity index (χ1n) is 8.71. The van der Waals surface area contributed by atoms with E-state index >= 15 is 0 Å². The summed E-state index contributed by atoms with van der Waals surface area (Å²) in [5.74, 6) is 2.15. The van der Waals surface area contributed by atoms with Crippen LogP contribution in [0, 0.1) is 5.92 Å². The van der Waals surface area contributed by atoms with Gasteiger partial charge in [0.15, 0.2) is 5.82 Å². The molecule has 1 saturated carbocycles. The summed E-state index contributed by atoms with van der Waals surface area (Å²) in [4.78, 5) is 8.99. The molecule has 0 atom stereocenters. The number of anilines is 2. The molecule has 0 unspecified atom stereocenters. The zero-order chi connectivity index (χ0) is 17.2. The van der Waals surface area contributed by atoms with Gasteiger partial charge in [-0.3, -0.25) is 10.7 Å². The Balaban J connectivity index is 1.61. The number of hydrogen-bond acceptors (Lipinski definition) is 6. The second-order valence-corrected chi connectivity index (χ2v) is 6.75. The molecule has 1 fully saturated rings. The number of nitrogens with zero attached hydrogens (tertiary/aromatic N) is 4. The molecule has 0 spiro atoms. The van der Waals surface area contributed by atoms with E-state index in [4.69, 9.17) is 0 Å². The van der Waals surface area contributed by atoms with Gasteiger partial charge < -0.3 is 5.32 Å². The molecule has 1 aliphatic rings. The van der Waals surface area contributed by atoms with Gasteiger partial charge in [-0.25, -0.2) is 9.67 Å². The van der Waals surface area contributed by atoms with Crippen LogP contribution in [0.15, 0.2) is 36.7 Å². The van der Waals surface area contributed by atoms with E-state index in [9.17, 15) is 5.21 Å². The first-order chi connectivity index (χ1) is 12.2. The highest BCUT2D eigenvalue weighted by molar-refractivity contribution is 5.91. The summed E-state index contributed by atoms with van der Waals surface area (Å²) in [7, 11) is 0. The van der Waals surface area contributed by atoms with Crippen molar-refractivity contribution >= 4 is 22.5 Å². The van der Waals surface area contributed by atoms with Crippen molar-refractivity contribution in [3.63, 3.8) is 0 Å². The number of hydrogen-bond donors (Lipinski definition) is 3. The highest BCUT2D eigenvalue weighted by Gasteiger charge is 2.19. The van der Waals surface area contributed by atoms with Crippen molar-refractivity contribution in [2.45, 2.75) is 38.6 Å². The van der Waals surface area contributed by atoms with Gasteiger partial charge in [-0.1, -0.05) is 13.0 Å². The molecule has 1 aliphatic carbocycles. The molecule has 2 aromatic heterocycles. The molecule has 25 heavy (non-hydrogen) atoms. The Morgan fingerprint density at radius 1 is 1.16 bits per heavy atom. The lowest BCUT2D eigenvalue weighted by Gasteiger charge is -2.26. The van der Waals surface area contributed by atoms with Gasteiger partial charge in [0.05, 0.1) is 17.4 Å². The number of benzene rings is 1. The number of nitrogens with one attached hydrogen (secondary N) is 2. The molecule has 1 aromatic carbocycles. The topological polar surface area (TPSA) is 87.9 Å². The molecule has 0 aliphatic heterocycles. The highest BCUT2D eigenvalue weighted by atomic mass is 16.5. The maximum Gasteiger partial charge on any atom is 0.224 e. The standard InChI is InChI=1S/C18H22N6O/c1-12-5-7-13(8-6-12)21-18-19-10-9-17(22-18)24-16-4-2-3-15(23-25)14(16)11-20-24/h2-4,9-13,23,25H,5-8H2,1H3,(H,19,21,22). The van der Waals surface area contributed by atoms with Gasteiger partial charge in [0.2, 0.25) is 5.95 Å². The van der Waals surface area contributed by atoms with E-state index in [1.54, 1.807) is 23.1 Å². The van der Waals surface area contributed by atoms with Crippen molar-refractivity contribution in [1.29, 1.82) is 0 Å². The summed E-state index contributed by atoms with van der Waals surface area (Å²) >= 11 is 0. The molecule has 0 saturated heterocycles. The first kappa shape index (κ1) is 15.8. The van der Waals surface area contributed by atoms with E-state index in [-0.39, 0.29) is 0 Å². The quantitative estimate of drug-likeness (QED) is 0.630. The molecule has 3 aromatic rings. The minimum absolute atomic E-state index is 0.436. The lowest BCUT2D eigenvalue weighted by molar-refractivity contribution is 0.360. The normalized spacial score (nSPS) is 20.6. The summed E-state index contributed by atoms with van der Waals surface area (Å²) in [6.45, 7) is 2.31. The predicted octanol–water partition coefficient (Wildman–Crippen LogP) is 3.61. The molecule has 0 radical (unpaired) electrons. The molecular weight excluding hydrogens is 316 g/mol. The second kappa shape index (κ2) is 6.68. The summed E-state index contributed by atoms with van der Waals surface area (Å²) in [5.41, 5.74) is 3.69. The SMILES string of the molecule is CC1CCC(Nc2nccc(-n3ncc4c(NO)cccc43)n2)CC1. The van der Waals surface area contributed by atoms with Gasteiger partial charge >= 0.3 is 0 Å². The molecule has 0 bridgehead atoms. The lowest BCUT2D eigenvalue weighted by Crippen LogP contribution is -2.26. The average Bonchev–Trinajstić information content (AvgIpc) is 3.08. The smallest absolute Gasteiger partial charge is 0.224 e. The highest BCUT2D eigenvalue weighted by Crippen LogP contribution is 2.26. The third-order valence-corrected chi connectivity index (χ3v) is 4.94. The lowest BCUT2D eigenvalue weighted by atomic mass is 9.87. The van der Waals surface area contributed by atoms with Crippen LogP contribution in [0.4, 0.5) is 11.6 Å². The zero-order valence-corrected chi connectivity index (χ0v) is 14.2. The molecule has 7 nitrogen and oxygen atoms in total. The monoisotopic (exact) mass is 338 g/mol. The van der Waals surface area contributed by atoms with Crippen molar-refractivity contribution in [2.75, 3.05) is 10.8 Å². The molecule has 7 heteroatoms. The zero-order valence-electron chi connectivity index (χ0n) is 14.2. The predicted molar refractivity (Wildman–Crippen MR) is 97.1 cm³/mol. The van der Waals surface area contributed by atoms with Gasteiger partial charge in [0.1, 0.15) is 0 Å². The van der Waals surface area contributed by atoms with Crippen LogP contribution in [0.3, 0.4) is 0 Å². The van der Waals surface area contributed by atoms with E-state index < -0.39 is 0 Å². The van der Waals surface area contributed by atoms with Gasteiger partial charge in [-0.2, -0.15) is 10.1 Å². The van der Waals surface area contributed by atoms with Crippen LogP contribution in [-0.4, -0.2) is 31.0 Å². The number of rotatable bonds is 4. The Morgan fingerprint density at radius 3 is 2.80 bits per heavy atom. The Labute approximate surface area is 146 Å². The molecular formula is C18H22N6O. The number of aromatic nitrogens is 4. The largest absolute Gasteiger partial charge is 0.351 e. The fraction of sp³-hybridized carbons (Fsp3) is 0.389. The fourth-order valence-electron chi connectivity index (χ4n) is 3.45. The molecule has 2 heterocycles. The average molecular weight is 338 g/mol. The van der Waals surface area contributed by atoms with Gasteiger partial charge in [-0.15, -0.1) is 0 Å². The Morgan fingerprint density at radius 2 is 2.00 bits per heavy atom. The molecule has 130 valence electrons. The molecule has 3 N–H and O–H groups in total. The van der Waals surface area contributed by atoms with Crippen LogP contribution in [0.5, 0.6) is 0 Å². The van der Waals surface area contributed by atoms with E-state index in [1.165, 1.54) is 12.8 Å². The maximum atomic E-state index is 9.24. The third kappa shape index (κ3) is 3.15. The van der Waals surface area contributed by atoms with Crippen LogP contribution in [0.2, 0.25) is 0 Å².